The maximum absolute atomic E-state index is 13.3. The molecule has 0 amide bonds. The summed E-state index contributed by atoms with van der Waals surface area (Å²) in [4.78, 5) is 0. The third-order valence-corrected chi connectivity index (χ3v) is 3.66. The van der Waals surface area contributed by atoms with Crippen LogP contribution in [-0.4, -0.2) is 12.2 Å². The van der Waals surface area contributed by atoms with Crippen molar-refractivity contribution in [1.82, 2.24) is 0 Å². The van der Waals surface area contributed by atoms with Gasteiger partial charge in [-0.15, -0.1) is 0 Å². The van der Waals surface area contributed by atoms with Crippen molar-refractivity contribution in [2.45, 2.75) is 6.54 Å². The third-order valence-electron chi connectivity index (χ3n) is 3.66. The molecule has 4 nitrogen and oxygen atoms in total. The molecule has 0 aliphatic carbocycles. The highest BCUT2D eigenvalue weighted by molar-refractivity contribution is 5.56. The summed E-state index contributed by atoms with van der Waals surface area (Å²) in [5.74, 6) is 1.12. The molecular formula is C20H18FNO3. The number of hydrogen-bond acceptors (Lipinski definition) is 4. The fourth-order valence-electron chi connectivity index (χ4n) is 2.35. The smallest absolute Gasteiger partial charge is 0.174 e. The molecule has 5 heteroatoms. The third kappa shape index (κ3) is 4.20. The first-order valence-corrected chi connectivity index (χ1v) is 7.78. The lowest BCUT2D eigenvalue weighted by Crippen LogP contribution is -2.00. The summed E-state index contributed by atoms with van der Waals surface area (Å²) in [6.07, 6.45) is 0. The van der Waals surface area contributed by atoms with Crippen molar-refractivity contribution >= 4 is 5.69 Å². The van der Waals surface area contributed by atoms with Crippen LogP contribution in [0.5, 0.6) is 23.0 Å². The molecule has 0 saturated heterocycles. The van der Waals surface area contributed by atoms with Gasteiger partial charge in [-0.05, 0) is 54.1 Å². The quantitative estimate of drug-likeness (QED) is 0.624. The largest absolute Gasteiger partial charge is 0.503 e. The summed E-state index contributed by atoms with van der Waals surface area (Å²) in [6, 6.07) is 19.2. The minimum Gasteiger partial charge on any atom is -0.503 e. The van der Waals surface area contributed by atoms with E-state index in [1.54, 1.807) is 19.2 Å². The van der Waals surface area contributed by atoms with Crippen LogP contribution >= 0.6 is 0 Å². The van der Waals surface area contributed by atoms with Crippen LogP contribution in [0.1, 0.15) is 5.56 Å². The van der Waals surface area contributed by atoms with Crippen molar-refractivity contribution in [3.8, 4) is 23.0 Å². The van der Waals surface area contributed by atoms with E-state index in [1.165, 1.54) is 6.07 Å². The van der Waals surface area contributed by atoms with E-state index in [9.17, 15) is 9.50 Å². The van der Waals surface area contributed by atoms with E-state index in [0.29, 0.717) is 23.7 Å². The van der Waals surface area contributed by atoms with Gasteiger partial charge in [0, 0.05) is 6.54 Å². The van der Waals surface area contributed by atoms with Crippen LogP contribution in [0.15, 0.2) is 66.7 Å². The van der Waals surface area contributed by atoms with E-state index in [-0.39, 0.29) is 5.75 Å². The molecule has 3 aromatic carbocycles. The topological polar surface area (TPSA) is 50.7 Å². The lowest BCUT2D eigenvalue weighted by atomic mass is 10.2. The highest BCUT2D eigenvalue weighted by atomic mass is 19.1. The van der Waals surface area contributed by atoms with Crippen molar-refractivity contribution in [2.24, 2.45) is 0 Å². The van der Waals surface area contributed by atoms with Gasteiger partial charge in [0.1, 0.15) is 17.2 Å². The number of phenols is 1. The van der Waals surface area contributed by atoms with Crippen molar-refractivity contribution < 1.29 is 19.0 Å². The molecule has 0 aliphatic rings. The van der Waals surface area contributed by atoms with Crippen molar-refractivity contribution in [3.63, 3.8) is 0 Å². The van der Waals surface area contributed by atoms with Gasteiger partial charge in [-0.25, -0.2) is 4.39 Å². The number of rotatable bonds is 6. The Hall–Kier alpha value is -3.21. The van der Waals surface area contributed by atoms with Crippen LogP contribution in [0.2, 0.25) is 0 Å². The molecule has 0 radical (unpaired) electrons. The zero-order valence-corrected chi connectivity index (χ0v) is 13.7. The van der Waals surface area contributed by atoms with Gasteiger partial charge in [0.15, 0.2) is 11.6 Å². The van der Waals surface area contributed by atoms with Crippen LogP contribution in [0.25, 0.3) is 0 Å². The Morgan fingerprint density at radius 2 is 1.64 bits per heavy atom. The Labute approximate surface area is 145 Å². The number of para-hydroxylation sites is 1. The SMILES string of the molecule is COc1ccc(Oc2cccc(CNc3cccc(F)c3O)c2)cc1. The molecule has 0 bridgehead atoms. The molecule has 2 N–H and O–H groups in total. The second kappa shape index (κ2) is 7.57. The van der Waals surface area contributed by atoms with Crippen molar-refractivity contribution in [1.29, 1.82) is 0 Å². The summed E-state index contributed by atoms with van der Waals surface area (Å²) in [6.45, 7) is 0.427. The molecule has 3 aromatic rings. The first-order valence-electron chi connectivity index (χ1n) is 7.78. The highest BCUT2D eigenvalue weighted by Gasteiger charge is 2.06. The van der Waals surface area contributed by atoms with E-state index in [0.717, 1.165) is 11.3 Å². The zero-order valence-electron chi connectivity index (χ0n) is 13.7. The second-order valence-corrected chi connectivity index (χ2v) is 5.41. The number of anilines is 1. The van der Waals surface area contributed by atoms with E-state index in [4.69, 9.17) is 9.47 Å². The van der Waals surface area contributed by atoms with Gasteiger partial charge in [0.05, 0.1) is 12.8 Å². The average molecular weight is 339 g/mol. The predicted molar refractivity (Wildman–Crippen MR) is 94.9 cm³/mol. The number of methoxy groups -OCH3 is 1. The van der Waals surface area contributed by atoms with Crippen LogP contribution in [0.4, 0.5) is 10.1 Å². The van der Waals surface area contributed by atoms with Gasteiger partial charge >= 0.3 is 0 Å². The van der Waals surface area contributed by atoms with E-state index >= 15 is 0 Å². The van der Waals surface area contributed by atoms with Gasteiger partial charge in [0.25, 0.3) is 0 Å². The molecule has 25 heavy (non-hydrogen) atoms. The molecule has 128 valence electrons. The second-order valence-electron chi connectivity index (χ2n) is 5.41. The Kier molecular flexibility index (Phi) is 5.04. The van der Waals surface area contributed by atoms with Gasteiger partial charge < -0.3 is 19.9 Å². The summed E-state index contributed by atoms with van der Waals surface area (Å²) in [5.41, 5.74) is 1.29. The fourth-order valence-corrected chi connectivity index (χ4v) is 2.35. The van der Waals surface area contributed by atoms with Gasteiger partial charge in [-0.1, -0.05) is 18.2 Å². The van der Waals surface area contributed by atoms with Crippen LogP contribution < -0.4 is 14.8 Å². The van der Waals surface area contributed by atoms with Gasteiger partial charge in [-0.2, -0.15) is 0 Å². The molecule has 3 rings (SSSR count). The van der Waals surface area contributed by atoms with Gasteiger partial charge in [0.2, 0.25) is 0 Å². The first-order chi connectivity index (χ1) is 12.2. The standard InChI is InChI=1S/C20H18FNO3/c1-24-15-8-10-16(11-9-15)25-17-5-2-4-14(12-17)13-22-19-7-3-6-18(21)20(19)23/h2-12,22-23H,13H2,1H3. The highest BCUT2D eigenvalue weighted by Crippen LogP contribution is 2.27. The van der Waals surface area contributed by atoms with Crippen LogP contribution in [-0.2, 0) is 6.54 Å². The molecule has 0 aromatic heterocycles. The summed E-state index contributed by atoms with van der Waals surface area (Å²) >= 11 is 0. The Bertz CT molecular complexity index is 850. The fraction of sp³-hybridized carbons (Fsp3) is 0.100. The number of ether oxygens (including phenoxy) is 2. The van der Waals surface area contributed by atoms with Crippen molar-refractivity contribution in [3.05, 3.63) is 78.1 Å². The monoisotopic (exact) mass is 339 g/mol. The Morgan fingerprint density at radius 1 is 0.920 bits per heavy atom. The van der Waals surface area contributed by atoms with E-state index in [2.05, 4.69) is 5.32 Å². The maximum Gasteiger partial charge on any atom is 0.174 e. The number of halogens is 1. The Balaban J connectivity index is 1.67. The predicted octanol–water partition coefficient (Wildman–Crippen LogP) is 4.94. The van der Waals surface area contributed by atoms with Crippen LogP contribution in [0, 0.1) is 5.82 Å². The normalized spacial score (nSPS) is 10.3. The molecular weight excluding hydrogens is 321 g/mol. The number of hydrogen-bond donors (Lipinski definition) is 2. The minimum absolute atomic E-state index is 0.349. The van der Waals surface area contributed by atoms with E-state index < -0.39 is 5.82 Å². The maximum atomic E-state index is 13.3. The number of phenolic OH excluding ortho intramolecular Hbond substituents is 1. The zero-order chi connectivity index (χ0) is 17.6. The summed E-state index contributed by atoms with van der Waals surface area (Å²) in [7, 11) is 1.61. The average Bonchev–Trinajstić information content (AvgIpc) is 2.64. The lowest BCUT2D eigenvalue weighted by Gasteiger charge is -2.11. The Morgan fingerprint density at radius 3 is 2.40 bits per heavy atom. The molecule has 0 unspecified atom stereocenters. The van der Waals surface area contributed by atoms with Crippen molar-refractivity contribution in [2.75, 3.05) is 12.4 Å². The van der Waals surface area contributed by atoms with Gasteiger partial charge in [-0.3, -0.25) is 0 Å². The number of benzene rings is 3. The summed E-state index contributed by atoms with van der Waals surface area (Å²) in [5, 5.41) is 12.7. The lowest BCUT2D eigenvalue weighted by molar-refractivity contribution is 0.413. The summed E-state index contributed by atoms with van der Waals surface area (Å²) < 4.78 is 24.3. The minimum atomic E-state index is -0.651. The van der Waals surface area contributed by atoms with E-state index in [1.807, 2.05) is 48.5 Å². The molecule has 0 heterocycles. The number of nitrogens with one attached hydrogen (secondary N) is 1. The molecule has 0 atom stereocenters. The number of aromatic hydroxyl groups is 1. The molecule has 0 fully saturated rings. The molecule has 0 aliphatic heterocycles. The first kappa shape index (κ1) is 16.6. The van der Waals surface area contributed by atoms with Crippen LogP contribution in [0.3, 0.4) is 0 Å². The molecule has 0 spiro atoms. The molecule has 0 saturated carbocycles.